The second-order valence-electron chi connectivity index (χ2n) is 6.57. The van der Waals surface area contributed by atoms with E-state index in [1.54, 1.807) is 6.07 Å². The number of pyridine rings is 1. The zero-order valence-corrected chi connectivity index (χ0v) is 14.5. The highest BCUT2D eigenvalue weighted by Crippen LogP contribution is 2.37. The van der Waals surface area contributed by atoms with Gasteiger partial charge in [0, 0.05) is 37.3 Å². The molecule has 3 aromatic rings. The van der Waals surface area contributed by atoms with Crippen molar-refractivity contribution in [2.24, 2.45) is 0 Å². The van der Waals surface area contributed by atoms with Crippen molar-refractivity contribution in [2.45, 2.75) is 25.3 Å². The van der Waals surface area contributed by atoms with Crippen molar-refractivity contribution >= 4 is 5.82 Å². The van der Waals surface area contributed by atoms with Crippen molar-refractivity contribution in [1.29, 1.82) is 0 Å². The smallest absolute Gasteiger partial charge is 0.123 e. The number of rotatable bonds is 3. The van der Waals surface area contributed by atoms with Gasteiger partial charge in [0.1, 0.15) is 17.3 Å². The van der Waals surface area contributed by atoms with Gasteiger partial charge in [-0.15, -0.1) is 5.10 Å². The van der Waals surface area contributed by atoms with Crippen LogP contribution in [0.5, 0.6) is 0 Å². The van der Waals surface area contributed by atoms with E-state index in [1.165, 1.54) is 12.1 Å². The van der Waals surface area contributed by atoms with E-state index in [1.807, 2.05) is 36.0 Å². The van der Waals surface area contributed by atoms with Gasteiger partial charge in [-0.2, -0.15) is 0 Å². The van der Waals surface area contributed by atoms with Crippen LogP contribution in [0.2, 0.25) is 0 Å². The van der Waals surface area contributed by atoms with E-state index in [-0.39, 0.29) is 5.82 Å². The lowest BCUT2D eigenvalue weighted by atomic mass is 9.83. The first kappa shape index (κ1) is 16.7. The lowest BCUT2D eigenvalue weighted by Gasteiger charge is -2.37. The van der Waals surface area contributed by atoms with Crippen LogP contribution in [0.3, 0.4) is 0 Å². The Morgan fingerprint density at radius 1 is 1.12 bits per heavy atom. The van der Waals surface area contributed by atoms with Crippen LogP contribution in [-0.4, -0.2) is 33.2 Å². The Balaban J connectivity index is 1.78. The molecule has 3 heterocycles. The van der Waals surface area contributed by atoms with Gasteiger partial charge in [0.25, 0.3) is 0 Å². The number of ether oxygens (including phenoxy) is 1. The summed E-state index contributed by atoms with van der Waals surface area (Å²) in [5.74, 6) is 0.227. The topological polar surface area (TPSA) is 78.8 Å². The van der Waals surface area contributed by atoms with Gasteiger partial charge in [0.15, 0.2) is 0 Å². The molecule has 0 bridgehead atoms. The summed E-state index contributed by atoms with van der Waals surface area (Å²) >= 11 is 0. The molecule has 0 spiro atoms. The fourth-order valence-corrected chi connectivity index (χ4v) is 3.57. The van der Waals surface area contributed by atoms with Crippen LogP contribution in [0.15, 0.2) is 42.6 Å². The molecule has 0 unspecified atom stereocenters. The molecule has 1 saturated heterocycles. The van der Waals surface area contributed by atoms with Crippen LogP contribution in [0.25, 0.3) is 11.3 Å². The van der Waals surface area contributed by atoms with Crippen LogP contribution >= 0.6 is 0 Å². The third-order valence-electron chi connectivity index (χ3n) is 5.02. The number of nitrogens with zero attached hydrogens (tertiary/aromatic N) is 4. The lowest BCUT2D eigenvalue weighted by Crippen LogP contribution is -2.41. The molecule has 2 N–H and O–H groups in total. The largest absolute Gasteiger partial charge is 0.384 e. The van der Waals surface area contributed by atoms with Gasteiger partial charge in [-0.1, -0.05) is 17.3 Å². The summed E-state index contributed by atoms with van der Waals surface area (Å²) in [7, 11) is 0. The van der Waals surface area contributed by atoms with Crippen LogP contribution in [0.4, 0.5) is 10.2 Å². The quantitative estimate of drug-likeness (QED) is 0.783. The maximum Gasteiger partial charge on any atom is 0.123 e. The second kappa shape index (κ2) is 6.49. The van der Waals surface area contributed by atoms with Gasteiger partial charge in [0.2, 0.25) is 0 Å². The SMILES string of the molecule is Cc1nc(N)ccc1-c1cn(C2(c3ccc(F)cc3)CCOCC2)nn1. The average Bonchev–Trinajstić information content (AvgIpc) is 3.13. The predicted octanol–water partition coefficient (Wildman–Crippen LogP) is 2.92. The molecule has 1 aliphatic heterocycles. The highest BCUT2D eigenvalue weighted by molar-refractivity contribution is 5.62. The Morgan fingerprint density at radius 2 is 1.85 bits per heavy atom. The maximum atomic E-state index is 13.4. The van der Waals surface area contributed by atoms with Crippen LogP contribution < -0.4 is 5.73 Å². The molecular weight excluding hydrogens is 333 g/mol. The van der Waals surface area contributed by atoms with Crippen LogP contribution in [0, 0.1) is 12.7 Å². The van der Waals surface area contributed by atoms with Crippen molar-refractivity contribution in [3.05, 3.63) is 59.7 Å². The number of benzene rings is 1. The normalized spacial score (nSPS) is 16.5. The standard InChI is InChI=1S/C19H20FN5O/c1-13-16(6-7-18(21)22-13)17-12-25(24-23-17)19(8-10-26-11-9-19)14-2-4-15(20)5-3-14/h2-7,12H,8-11H2,1H3,(H2,21,22). The van der Waals surface area contributed by atoms with Gasteiger partial charge in [-0.25, -0.2) is 14.1 Å². The molecular formula is C19H20FN5O. The van der Waals surface area contributed by atoms with Gasteiger partial charge in [-0.05, 0) is 36.8 Å². The molecule has 0 aliphatic carbocycles. The first-order chi connectivity index (χ1) is 12.6. The van der Waals surface area contributed by atoms with E-state index < -0.39 is 5.54 Å². The molecule has 0 atom stereocenters. The van der Waals surface area contributed by atoms with Gasteiger partial charge in [0.05, 0.1) is 11.7 Å². The van der Waals surface area contributed by atoms with E-state index in [0.29, 0.717) is 19.0 Å². The average molecular weight is 353 g/mol. The van der Waals surface area contributed by atoms with Crippen LogP contribution in [-0.2, 0) is 10.3 Å². The maximum absolute atomic E-state index is 13.4. The Morgan fingerprint density at radius 3 is 2.54 bits per heavy atom. The van der Waals surface area contributed by atoms with Gasteiger partial charge in [-0.3, -0.25) is 0 Å². The predicted molar refractivity (Wildman–Crippen MR) is 95.9 cm³/mol. The molecule has 0 radical (unpaired) electrons. The molecule has 26 heavy (non-hydrogen) atoms. The molecule has 134 valence electrons. The summed E-state index contributed by atoms with van der Waals surface area (Å²) in [6, 6.07) is 10.3. The summed E-state index contributed by atoms with van der Waals surface area (Å²) < 4.78 is 20.8. The van der Waals surface area contributed by atoms with Crippen molar-refractivity contribution in [3.63, 3.8) is 0 Å². The van der Waals surface area contributed by atoms with Crippen molar-refractivity contribution in [3.8, 4) is 11.3 Å². The monoisotopic (exact) mass is 353 g/mol. The highest BCUT2D eigenvalue weighted by Gasteiger charge is 2.37. The minimum Gasteiger partial charge on any atom is -0.384 e. The van der Waals surface area contributed by atoms with E-state index in [4.69, 9.17) is 10.5 Å². The van der Waals surface area contributed by atoms with E-state index >= 15 is 0 Å². The second-order valence-corrected chi connectivity index (χ2v) is 6.57. The number of halogens is 1. The zero-order valence-electron chi connectivity index (χ0n) is 14.5. The summed E-state index contributed by atoms with van der Waals surface area (Å²) in [4.78, 5) is 4.30. The zero-order chi connectivity index (χ0) is 18.1. The number of hydrogen-bond acceptors (Lipinski definition) is 5. The molecule has 2 aromatic heterocycles. The van der Waals surface area contributed by atoms with Gasteiger partial charge < -0.3 is 10.5 Å². The van der Waals surface area contributed by atoms with E-state index in [9.17, 15) is 4.39 Å². The third-order valence-corrected chi connectivity index (χ3v) is 5.02. The summed E-state index contributed by atoms with van der Waals surface area (Å²) in [5.41, 5.74) is 8.79. The summed E-state index contributed by atoms with van der Waals surface area (Å²) in [5, 5.41) is 8.77. The highest BCUT2D eigenvalue weighted by atomic mass is 19.1. The third kappa shape index (κ3) is 2.84. The van der Waals surface area contributed by atoms with E-state index in [2.05, 4.69) is 15.3 Å². The first-order valence-electron chi connectivity index (χ1n) is 8.59. The molecule has 1 fully saturated rings. The Kier molecular flexibility index (Phi) is 4.16. The van der Waals surface area contributed by atoms with Gasteiger partial charge >= 0.3 is 0 Å². The fraction of sp³-hybridized carbons (Fsp3) is 0.316. The number of aromatic nitrogens is 4. The summed E-state index contributed by atoms with van der Waals surface area (Å²) in [6.07, 6.45) is 3.43. The minimum absolute atomic E-state index is 0.251. The Bertz CT molecular complexity index is 916. The molecule has 0 amide bonds. The van der Waals surface area contributed by atoms with Crippen LogP contribution in [0.1, 0.15) is 24.1 Å². The minimum atomic E-state index is -0.396. The van der Waals surface area contributed by atoms with Crippen molar-refractivity contribution < 1.29 is 9.13 Å². The molecule has 1 aliphatic rings. The molecule has 1 aromatic carbocycles. The van der Waals surface area contributed by atoms with E-state index in [0.717, 1.165) is 35.4 Å². The lowest BCUT2D eigenvalue weighted by molar-refractivity contribution is 0.0330. The molecule has 0 saturated carbocycles. The summed E-state index contributed by atoms with van der Waals surface area (Å²) in [6.45, 7) is 3.14. The molecule has 6 nitrogen and oxygen atoms in total. The Hall–Kier alpha value is -2.80. The molecule has 7 heteroatoms. The van der Waals surface area contributed by atoms with Crippen molar-refractivity contribution in [2.75, 3.05) is 18.9 Å². The number of anilines is 1. The fourth-order valence-electron chi connectivity index (χ4n) is 3.57. The number of aryl methyl sites for hydroxylation is 1. The van der Waals surface area contributed by atoms with Crippen molar-refractivity contribution in [1.82, 2.24) is 20.0 Å². The number of nitrogens with two attached hydrogens (primary N) is 1. The Labute approximate surface area is 150 Å². The number of hydrogen-bond donors (Lipinski definition) is 1. The number of nitrogen functional groups attached to an aromatic ring is 1. The molecule has 4 rings (SSSR count). The first-order valence-corrected chi connectivity index (χ1v) is 8.59.